The number of amides is 1. The minimum absolute atomic E-state index is 0.0121. The molecule has 1 amide bonds. The first-order valence-electron chi connectivity index (χ1n) is 5.10. The molecule has 4 heteroatoms. The smallest absolute Gasteiger partial charge is 0.248 e. The van der Waals surface area contributed by atoms with Crippen molar-refractivity contribution >= 4 is 5.91 Å². The summed E-state index contributed by atoms with van der Waals surface area (Å²) in [5, 5.41) is 9.71. The van der Waals surface area contributed by atoms with Crippen molar-refractivity contribution in [3.05, 3.63) is 0 Å². The van der Waals surface area contributed by atoms with E-state index in [2.05, 4.69) is 0 Å². The van der Waals surface area contributed by atoms with Crippen molar-refractivity contribution in [2.24, 2.45) is 11.8 Å². The Morgan fingerprint density at radius 3 is 2.43 bits per heavy atom. The Kier molecular flexibility index (Phi) is 4.35. The van der Waals surface area contributed by atoms with Crippen LogP contribution in [0.3, 0.4) is 0 Å². The van der Waals surface area contributed by atoms with E-state index < -0.39 is 0 Å². The summed E-state index contributed by atoms with van der Waals surface area (Å²) in [6.45, 7) is 0.788. The molecule has 1 aliphatic rings. The zero-order valence-electron chi connectivity index (χ0n) is 8.90. The Bertz CT molecular complexity index is 186. The Labute approximate surface area is 84.8 Å². The normalized spacial score (nSPS) is 27.4. The highest BCUT2D eigenvalue weighted by atomic mass is 16.5. The zero-order chi connectivity index (χ0) is 10.6. The van der Waals surface area contributed by atoms with Gasteiger partial charge >= 0.3 is 0 Å². The van der Waals surface area contributed by atoms with E-state index in [1.807, 2.05) is 0 Å². The molecule has 0 aliphatic heterocycles. The molecule has 0 aromatic carbocycles. The van der Waals surface area contributed by atoms with Crippen molar-refractivity contribution in [1.29, 1.82) is 0 Å². The fraction of sp³-hybridized carbons (Fsp3) is 0.900. The maximum absolute atomic E-state index is 11.4. The predicted octanol–water partition coefficient (Wildman–Crippen LogP) is 1.29. The third-order valence-electron chi connectivity index (χ3n) is 2.92. The number of carbonyl (C=O) groups is 1. The van der Waals surface area contributed by atoms with Gasteiger partial charge in [0.25, 0.3) is 0 Å². The molecule has 0 radical (unpaired) electrons. The van der Waals surface area contributed by atoms with E-state index in [1.54, 1.807) is 7.11 Å². The van der Waals surface area contributed by atoms with E-state index in [9.17, 15) is 4.79 Å². The van der Waals surface area contributed by atoms with E-state index >= 15 is 0 Å². The van der Waals surface area contributed by atoms with Crippen molar-refractivity contribution in [2.45, 2.75) is 25.7 Å². The fourth-order valence-electron chi connectivity index (χ4n) is 2.08. The number of hydrogen-bond acceptors (Lipinski definition) is 3. The molecule has 1 aliphatic carbocycles. The van der Waals surface area contributed by atoms with Gasteiger partial charge in [-0.15, -0.1) is 0 Å². The summed E-state index contributed by atoms with van der Waals surface area (Å²) >= 11 is 0. The van der Waals surface area contributed by atoms with Gasteiger partial charge in [-0.2, -0.15) is 0 Å². The van der Waals surface area contributed by atoms with Crippen LogP contribution in [0.5, 0.6) is 0 Å². The number of methoxy groups -OCH3 is 1. The van der Waals surface area contributed by atoms with E-state index in [1.165, 1.54) is 7.05 Å². The first kappa shape index (κ1) is 11.5. The van der Waals surface area contributed by atoms with Crippen LogP contribution in [0.1, 0.15) is 25.7 Å². The van der Waals surface area contributed by atoms with Crippen LogP contribution in [0.2, 0.25) is 0 Å². The third kappa shape index (κ3) is 2.96. The van der Waals surface area contributed by atoms with Gasteiger partial charge in [0.2, 0.25) is 5.91 Å². The second-order valence-corrected chi connectivity index (χ2v) is 4.03. The molecule has 1 N–H and O–H groups in total. The van der Waals surface area contributed by atoms with Crippen LogP contribution in [0.15, 0.2) is 0 Å². The summed E-state index contributed by atoms with van der Waals surface area (Å²) < 4.78 is 5.08. The zero-order valence-corrected chi connectivity index (χ0v) is 8.90. The van der Waals surface area contributed by atoms with Gasteiger partial charge in [-0.1, -0.05) is 0 Å². The monoisotopic (exact) mass is 201 g/mol. The highest BCUT2D eigenvalue weighted by molar-refractivity contribution is 5.77. The largest absolute Gasteiger partial charge is 0.384 e. The van der Waals surface area contributed by atoms with Gasteiger partial charge in [0, 0.05) is 26.7 Å². The molecule has 1 saturated carbocycles. The van der Waals surface area contributed by atoms with Gasteiger partial charge in [-0.25, -0.2) is 5.06 Å². The van der Waals surface area contributed by atoms with Crippen LogP contribution in [0, 0.1) is 11.8 Å². The van der Waals surface area contributed by atoms with Crippen molar-refractivity contribution in [3.63, 3.8) is 0 Å². The second-order valence-electron chi connectivity index (χ2n) is 4.03. The highest BCUT2D eigenvalue weighted by Crippen LogP contribution is 2.29. The molecule has 1 fully saturated rings. The molecule has 14 heavy (non-hydrogen) atoms. The Balaban J connectivity index is 2.32. The average Bonchev–Trinajstić information content (AvgIpc) is 2.18. The van der Waals surface area contributed by atoms with Crippen molar-refractivity contribution in [2.75, 3.05) is 20.8 Å². The minimum Gasteiger partial charge on any atom is -0.384 e. The van der Waals surface area contributed by atoms with Gasteiger partial charge in [0.15, 0.2) is 0 Å². The lowest BCUT2D eigenvalue weighted by Crippen LogP contribution is -2.33. The fourth-order valence-corrected chi connectivity index (χ4v) is 2.08. The summed E-state index contributed by atoms with van der Waals surface area (Å²) in [5.74, 6) is 0.451. The molecule has 0 unspecified atom stereocenters. The van der Waals surface area contributed by atoms with E-state index in [0.29, 0.717) is 11.0 Å². The lowest BCUT2D eigenvalue weighted by atomic mass is 9.82. The number of hydroxylamine groups is 2. The van der Waals surface area contributed by atoms with Crippen LogP contribution in [0.4, 0.5) is 0 Å². The molecule has 82 valence electrons. The van der Waals surface area contributed by atoms with Crippen LogP contribution in [0.25, 0.3) is 0 Å². The molecule has 0 heterocycles. The number of rotatable bonds is 3. The van der Waals surface area contributed by atoms with Crippen LogP contribution < -0.4 is 0 Å². The summed E-state index contributed by atoms with van der Waals surface area (Å²) in [4.78, 5) is 11.4. The summed E-state index contributed by atoms with van der Waals surface area (Å²) in [7, 11) is 3.10. The van der Waals surface area contributed by atoms with Crippen molar-refractivity contribution in [3.8, 4) is 0 Å². The summed E-state index contributed by atoms with van der Waals surface area (Å²) in [5.41, 5.74) is 0. The highest BCUT2D eigenvalue weighted by Gasteiger charge is 2.27. The van der Waals surface area contributed by atoms with Crippen molar-refractivity contribution in [1.82, 2.24) is 5.06 Å². The lowest BCUT2D eigenvalue weighted by molar-refractivity contribution is -0.165. The maximum Gasteiger partial charge on any atom is 0.248 e. The van der Waals surface area contributed by atoms with Gasteiger partial charge in [0.1, 0.15) is 0 Å². The summed E-state index contributed by atoms with van der Waals surface area (Å²) in [6, 6.07) is 0. The minimum atomic E-state index is -0.152. The van der Waals surface area contributed by atoms with Crippen molar-refractivity contribution < 1.29 is 14.7 Å². The van der Waals surface area contributed by atoms with E-state index in [0.717, 1.165) is 32.3 Å². The standard InChI is InChI=1S/C10H19NO3/c1-11(13)10(12)9-5-3-8(4-6-9)7-14-2/h8-9,13H,3-7H2,1-2H3. The lowest BCUT2D eigenvalue weighted by Gasteiger charge is -2.28. The molecule has 0 saturated heterocycles. The second kappa shape index (κ2) is 5.32. The Hall–Kier alpha value is -0.610. The third-order valence-corrected chi connectivity index (χ3v) is 2.92. The van der Waals surface area contributed by atoms with Crippen LogP contribution in [-0.2, 0) is 9.53 Å². The van der Waals surface area contributed by atoms with Gasteiger partial charge in [-0.05, 0) is 31.6 Å². The quantitative estimate of drug-likeness (QED) is 0.553. The molecule has 0 aromatic rings. The SMILES string of the molecule is COCC1CCC(C(=O)N(C)O)CC1. The molecule has 1 rings (SSSR count). The van der Waals surface area contributed by atoms with E-state index in [4.69, 9.17) is 9.94 Å². The molecule has 4 nitrogen and oxygen atoms in total. The molecule has 0 bridgehead atoms. The number of nitrogens with zero attached hydrogens (tertiary/aromatic N) is 1. The first-order chi connectivity index (χ1) is 6.65. The van der Waals surface area contributed by atoms with E-state index in [-0.39, 0.29) is 11.8 Å². The molecular weight excluding hydrogens is 182 g/mol. The number of hydrogen-bond donors (Lipinski definition) is 1. The summed E-state index contributed by atoms with van der Waals surface area (Å²) in [6.07, 6.45) is 3.80. The number of carbonyl (C=O) groups excluding carboxylic acids is 1. The topological polar surface area (TPSA) is 49.8 Å². The maximum atomic E-state index is 11.4. The Morgan fingerprint density at radius 2 is 2.00 bits per heavy atom. The molecule has 0 atom stereocenters. The number of ether oxygens (including phenoxy) is 1. The molecule has 0 aromatic heterocycles. The van der Waals surface area contributed by atoms with Crippen LogP contribution in [-0.4, -0.2) is 36.9 Å². The molecular formula is C10H19NO3. The first-order valence-corrected chi connectivity index (χ1v) is 5.10. The van der Waals surface area contributed by atoms with Gasteiger partial charge in [-0.3, -0.25) is 10.0 Å². The van der Waals surface area contributed by atoms with Gasteiger partial charge in [0.05, 0.1) is 0 Å². The Morgan fingerprint density at radius 1 is 1.43 bits per heavy atom. The average molecular weight is 201 g/mol. The van der Waals surface area contributed by atoms with Crippen LogP contribution >= 0.6 is 0 Å². The molecule has 0 spiro atoms. The predicted molar refractivity (Wildman–Crippen MR) is 51.9 cm³/mol. The van der Waals surface area contributed by atoms with Gasteiger partial charge < -0.3 is 4.74 Å².